The quantitative estimate of drug-likeness (QED) is 0.905. The number of amides is 2. The molecule has 0 radical (unpaired) electrons. The summed E-state index contributed by atoms with van der Waals surface area (Å²) in [6, 6.07) is 14.9. The van der Waals surface area contributed by atoms with Crippen molar-refractivity contribution in [2.24, 2.45) is 0 Å². The standard InChI is InChI=1S/C18H18N2O4/c21-17(24-12-13-4-2-1-3-5-13)19-16-7-6-15-11-20(18(22)23)9-8-14(15)10-16/h1-7,10H,8-9,11-12H2,(H,19,21)(H,22,23). The molecule has 24 heavy (non-hydrogen) atoms. The number of nitrogens with zero attached hydrogens (tertiary/aromatic N) is 1. The summed E-state index contributed by atoms with van der Waals surface area (Å²) in [4.78, 5) is 24.3. The van der Waals surface area contributed by atoms with Crippen molar-refractivity contribution in [3.8, 4) is 0 Å². The molecule has 0 saturated carbocycles. The van der Waals surface area contributed by atoms with Gasteiger partial charge >= 0.3 is 12.2 Å². The maximum Gasteiger partial charge on any atom is 0.411 e. The van der Waals surface area contributed by atoms with E-state index in [1.807, 2.05) is 42.5 Å². The van der Waals surface area contributed by atoms with E-state index in [1.54, 1.807) is 6.07 Å². The normalized spacial score (nSPS) is 13.1. The molecule has 124 valence electrons. The van der Waals surface area contributed by atoms with Crippen LogP contribution in [-0.2, 0) is 24.3 Å². The Morgan fingerprint density at radius 3 is 2.67 bits per heavy atom. The van der Waals surface area contributed by atoms with Gasteiger partial charge < -0.3 is 14.7 Å². The molecule has 2 aromatic rings. The Morgan fingerprint density at radius 1 is 1.12 bits per heavy atom. The van der Waals surface area contributed by atoms with E-state index in [9.17, 15) is 9.59 Å². The number of rotatable bonds is 3. The summed E-state index contributed by atoms with van der Waals surface area (Å²) in [5.41, 5.74) is 3.59. The Bertz CT molecular complexity index is 746. The van der Waals surface area contributed by atoms with Crippen LogP contribution in [0.4, 0.5) is 15.3 Å². The predicted molar refractivity (Wildman–Crippen MR) is 88.8 cm³/mol. The van der Waals surface area contributed by atoms with Gasteiger partial charge in [-0.3, -0.25) is 5.32 Å². The minimum Gasteiger partial charge on any atom is -0.465 e. The maximum atomic E-state index is 11.9. The zero-order chi connectivity index (χ0) is 16.9. The van der Waals surface area contributed by atoms with Crippen LogP contribution in [0.1, 0.15) is 16.7 Å². The first-order valence-corrected chi connectivity index (χ1v) is 7.69. The van der Waals surface area contributed by atoms with Crippen molar-refractivity contribution < 1.29 is 19.4 Å². The van der Waals surface area contributed by atoms with E-state index in [0.29, 0.717) is 25.2 Å². The van der Waals surface area contributed by atoms with Crippen LogP contribution < -0.4 is 5.32 Å². The van der Waals surface area contributed by atoms with Crippen molar-refractivity contribution in [1.29, 1.82) is 0 Å². The fourth-order valence-electron chi connectivity index (χ4n) is 2.67. The van der Waals surface area contributed by atoms with Gasteiger partial charge in [0.05, 0.1) is 0 Å². The van der Waals surface area contributed by atoms with Crippen LogP contribution >= 0.6 is 0 Å². The second-order valence-corrected chi connectivity index (χ2v) is 5.62. The lowest BCUT2D eigenvalue weighted by atomic mass is 9.99. The van der Waals surface area contributed by atoms with Crippen molar-refractivity contribution in [1.82, 2.24) is 4.90 Å². The van der Waals surface area contributed by atoms with Crippen molar-refractivity contribution in [2.45, 2.75) is 19.6 Å². The van der Waals surface area contributed by atoms with Crippen LogP contribution in [-0.4, -0.2) is 28.7 Å². The summed E-state index contributed by atoms with van der Waals surface area (Å²) in [5.74, 6) is 0. The Labute approximate surface area is 139 Å². The molecule has 0 spiro atoms. The van der Waals surface area contributed by atoms with Crippen LogP contribution in [0.5, 0.6) is 0 Å². The van der Waals surface area contributed by atoms with Gasteiger partial charge in [0.2, 0.25) is 0 Å². The van der Waals surface area contributed by atoms with E-state index in [4.69, 9.17) is 9.84 Å². The number of anilines is 1. The topological polar surface area (TPSA) is 78.9 Å². The summed E-state index contributed by atoms with van der Waals surface area (Å²) in [6.45, 7) is 1.05. The van der Waals surface area contributed by atoms with Crippen molar-refractivity contribution in [2.75, 3.05) is 11.9 Å². The van der Waals surface area contributed by atoms with E-state index < -0.39 is 12.2 Å². The maximum absolute atomic E-state index is 11.9. The number of carboxylic acid groups (broad SMARTS) is 1. The average Bonchev–Trinajstić information content (AvgIpc) is 2.60. The first kappa shape index (κ1) is 15.9. The van der Waals surface area contributed by atoms with Gasteiger partial charge in [-0.05, 0) is 35.2 Å². The lowest BCUT2D eigenvalue weighted by Crippen LogP contribution is -2.34. The molecular formula is C18H18N2O4. The van der Waals surface area contributed by atoms with E-state index in [1.165, 1.54) is 4.90 Å². The summed E-state index contributed by atoms with van der Waals surface area (Å²) >= 11 is 0. The lowest BCUT2D eigenvalue weighted by molar-refractivity contribution is 0.140. The molecule has 0 atom stereocenters. The zero-order valence-corrected chi connectivity index (χ0v) is 13.1. The summed E-state index contributed by atoms with van der Waals surface area (Å²) < 4.78 is 5.19. The minimum atomic E-state index is -0.910. The molecule has 3 rings (SSSR count). The van der Waals surface area contributed by atoms with Gasteiger partial charge in [0.15, 0.2) is 0 Å². The molecule has 0 aliphatic carbocycles. The third-order valence-corrected chi connectivity index (χ3v) is 3.95. The van der Waals surface area contributed by atoms with Gasteiger partial charge in [-0.15, -0.1) is 0 Å². The molecule has 6 nitrogen and oxygen atoms in total. The van der Waals surface area contributed by atoms with Crippen molar-refractivity contribution in [3.05, 3.63) is 65.2 Å². The second kappa shape index (κ2) is 7.04. The molecule has 2 amide bonds. The van der Waals surface area contributed by atoms with Crippen molar-refractivity contribution in [3.63, 3.8) is 0 Å². The van der Waals surface area contributed by atoms with E-state index in [-0.39, 0.29) is 6.61 Å². The molecule has 2 N–H and O–H groups in total. The molecule has 1 aliphatic rings. The van der Waals surface area contributed by atoms with Crippen LogP contribution in [0.15, 0.2) is 48.5 Å². The first-order chi connectivity index (χ1) is 11.6. The van der Waals surface area contributed by atoms with Gasteiger partial charge in [0, 0.05) is 18.8 Å². The van der Waals surface area contributed by atoms with Gasteiger partial charge in [-0.1, -0.05) is 36.4 Å². The third-order valence-electron chi connectivity index (χ3n) is 3.95. The van der Waals surface area contributed by atoms with E-state index in [2.05, 4.69) is 5.32 Å². The fourth-order valence-corrected chi connectivity index (χ4v) is 2.67. The second-order valence-electron chi connectivity index (χ2n) is 5.62. The van der Waals surface area contributed by atoms with Crippen molar-refractivity contribution >= 4 is 17.9 Å². The highest BCUT2D eigenvalue weighted by molar-refractivity contribution is 5.84. The van der Waals surface area contributed by atoms with Gasteiger partial charge in [0.1, 0.15) is 6.61 Å². The smallest absolute Gasteiger partial charge is 0.411 e. The number of nitrogens with one attached hydrogen (secondary N) is 1. The molecular weight excluding hydrogens is 308 g/mol. The monoisotopic (exact) mass is 326 g/mol. The minimum absolute atomic E-state index is 0.213. The molecule has 2 aromatic carbocycles. The third kappa shape index (κ3) is 3.84. The van der Waals surface area contributed by atoms with E-state index in [0.717, 1.165) is 16.7 Å². The zero-order valence-electron chi connectivity index (χ0n) is 13.1. The van der Waals surface area contributed by atoms with Gasteiger partial charge in [0.25, 0.3) is 0 Å². The molecule has 0 aromatic heterocycles. The summed E-state index contributed by atoms with van der Waals surface area (Å²) in [6.07, 6.45) is -0.787. The predicted octanol–water partition coefficient (Wildman–Crippen LogP) is 3.47. The fraction of sp³-hybridized carbons (Fsp3) is 0.222. The molecule has 0 fully saturated rings. The lowest BCUT2D eigenvalue weighted by Gasteiger charge is -2.26. The molecule has 1 aliphatic heterocycles. The van der Waals surface area contributed by atoms with Crippen LogP contribution in [0.2, 0.25) is 0 Å². The molecule has 6 heteroatoms. The van der Waals surface area contributed by atoms with Gasteiger partial charge in [-0.25, -0.2) is 9.59 Å². The van der Waals surface area contributed by atoms with Crippen LogP contribution in [0, 0.1) is 0 Å². The van der Waals surface area contributed by atoms with E-state index >= 15 is 0 Å². The number of fused-ring (bicyclic) bond motifs is 1. The number of carbonyl (C=O) groups is 2. The Hall–Kier alpha value is -3.02. The molecule has 0 saturated heterocycles. The van der Waals surface area contributed by atoms with Gasteiger partial charge in [-0.2, -0.15) is 0 Å². The highest BCUT2D eigenvalue weighted by Crippen LogP contribution is 2.22. The van der Waals surface area contributed by atoms with Crippen LogP contribution in [0.3, 0.4) is 0 Å². The Morgan fingerprint density at radius 2 is 1.92 bits per heavy atom. The SMILES string of the molecule is O=C(Nc1ccc2c(c1)CCN(C(=O)O)C2)OCc1ccccc1. The highest BCUT2D eigenvalue weighted by atomic mass is 16.5. The summed E-state index contributed by atoms with van der Waals surface area (Å²) in [5, 5.41) is 11.7. The number of benzene rings is 2. The largest absolute Gasteiger partial charge is 0.465 e. The summed E-state index contributed by atoms with van der Waals surface area (Å²) in [7, 11) is 0. The highest BCUT2D eigenvalue weighted by Gasteiger charge is 2.20. The number of hydrogen-bond acceptors (Lipinski definition) is 3. The average molecular weight is 326 g/mol. The molecule has 1 heterocycles. The molecule has 0 bridgehead atoms. The van der Waals surface area contributed by atoms with Crippen LogP contribution in [0.25, 0.3) is 0 Å². The number of ether oxygens (including phenoxy) is 1. The first-order valence-electron chi connectivity index (χ1n) is 7.69. The Balaban J connectivity index is 1.58. The Kier molecular flexibility index (Phi) is 4.65. The number of hydrogen-bond donors (Lipinski definition) is 2. The molecule has 0 unspecified atom stereocenters. The number of carbonyl (C=O) groups excluding carboxylic acids is 1.